The molecule has 18 heavy (non-hydrogen) atoms. The van der Waals surface area contributed by atoms with E-state index in [1.54, 1.807) is 0 Å². The van der Waals surface area contributed by atoms with Gasteiger partial charge in [0.25, 0.3) is 0 Å². The Kier molecular flexibility index (Phi) is 4.38. The Morgan fingerprint density at radius 3 is 3.11 bits per heavy atom. The van der Waals surface area contributed by atoms with Gasteiger partial charge in [-0.05, 0) is 27.1 Å². The summed E-state index contributed by atoms with van der Waals surface area (Å²) in [6, 6.07) is 3.92. The van der Waals surface area contributed by atoms with E-state index in [2.05, 4.69) is 15.2 Å². The van der Waals surface area contributed by atoms with Crippen LogP contribution < -0.4 is 14.8 Å². The lowest BCUT2D eigenvalue weighted by atomic mass is 10.2. The third-order valence-electron chi connectivity index (χ3n) is 2.69. The fraction of sp³-hybridized carbons (Fsp3) is 0.615. The average molecular weight is 251 g/mol. The van der Waals surface area contributed by atoms with Crippen LogP contribution in [0.15, 0.2) is 12.1 Å². The number of nitrogens with one attached hydrogen (secondary N) is 1. The zero-order valence-electron chi connectivity index (χ0n) is 11.3. The lowest BCUT2D eigenvalue weighted by molar-refractivity contribution is 0.168. The molecule has 100 valence electrons. The first-order chi connectivity index (χ1) is 8.65. The van der Waals surface area contributed by atoms with Gasteiger partial charge in [-0.1, -0.05) is 0 Å². The van der Waals surface area contributed by atoms with Crippen molar-refractivity contribution in [2.24, 2.45) is 0 Å². The number of fused-ring (bicyclic) bond motifs is 1. The molecule has 1 N–H and O–H groups in total. The van der Waals surface area contributed by atoms with Crippen molar-refractivity contribution in [3.8, 4) is 11.8 Å². The van der Waals surface area contributed by atoms with Crippen LogP contribution in [0.25, 0.3) is 0 Å². The van der Waals surface area contributed by atoms with Gasteiger partial charge >= 0.3 is 0 Å². The van der Waals surface area contributed by atoms with E-state index in [1.807, 2.05) is 33.2 Å². The van der Waals surface area contributed by atoms with E-state index < -0.39 is 0 Å². The molecule has 0 saturated heterocycles. The molecule has 1 unspecified atom stereocenters. The van der Waals surface area contributed by atoms with Gasteiger partial charge in [-0.15, -0.1) is 0 Å². The molecule has 1 aliphatic rings. The summed E-state index contributed by atoms with van der Waals surface area (Å²) < 4.78 is 11.4. The van der Waals surface area contributed by atoms with E-state index in [-0.39, 0.29) is 6.10 Å². The van der Waals surface area contributed by atoms with Crippen molar-refractivity contribution >= 4 is 0 Å². The summed E-state index contributed by atoms with van der Waals surface area (Å²) in [7, 11) is 4.05. The number of aromatic nitrogens is 1. The van der Waals surface area contributed by atoms with Gasteiger partial charge in [-0.25, -0.2) is 0 Å². The van der Waals surface area contributed by atoms with Gasteiger partial charge in [0.05, 0.1) is 0 Å². The molecule has 1 aromatic heterocycles. The molecule has 0 saturated carbocycles. The summed E-state index contributed by atoms with van der Waals surface area (Å²) in [6.45, 7) is 5.20. The van der Waals surface area contributed by atoms with Gasteiger partial charge in [0, 0.05) is 31.3 Å². The Balaban J connectivity index is 2.03. The minimum Gasteiger partial charge on any atom is -0.476 e. The molecule has 0 aromatic carbocycles. The Hall–Kier alpha value is -1.33. The predicted molar refractivity (Wildman–Crippen MR) is 70.1 cm³/mol. The largest absolute Gasteiger partial charge is 0.476 e. The minimum absolute atomic E-state index is 0.106. The standard InChI is InChI=1S/C13H21N3O2/c1-10(9-16(2)3)18-12-5-4-11-8-14-6-7-17-13(11)15-12/h4-5,10,14H,6-9H2,1-3H3. The Morgan fingerprint density at radius 2 is 2.33 bits per heavy atom. The summed E-state index contributed by atoms with van der Waals surface area (Å²) in [6.07, 6.45) is 0.106. The van der Waals surface area contributed by atoms with E-state index >= 15 is 0 Å². The normalized spacial score (nSPS) is 16.7. The van der Waals surface area contributed by atoms with E-state index in [1.165, 1.54) is 0 Å². The van der Waals surface area contributed by atoms with Gasteiger partial charge in [0.1, 0.15) is 12.7 Å². The highest BCUT2D eigenvalue weighted by Gasteiger charge is 2.13. The van der Waals surface area contributed by atoms with Crippen LogP contribution in [-0.4, -0.2) is 49.8 Å². The van der Waals surface area contributed by atoms with E-state index in [0.717, 1.165) is 25.2 Å². The van der Waals surface area contributed by atoms with Crippen LogP contribution >= 0.6 is 0 Å². The van der Waals surface area contributed by atoms with E-state index in [0.29, 0.717) is 18.4 Å². The second-order valence-electron chi connectivity index (χ2n) is 4.83. The third kappa shape index (κ3) is 3.58. The van der Waals surface area contributed by atoms with Gasteiger partial charge in [-0.3, -0.25) is 0 Å². The summed E-state index contributed by atoms with van der Waals surface area (Å²) >= 11 is 0. The highest BCUT2D eigenvalue weighted by Crippen LogP contribution is 2.22. The quantitative estimate of drug-likeness (QED) is 0.861. The smallest absolute Gasteiger partial charge is 0.221 e. The van der Waals surface area contributed by atoms with Crippen molar-refractivity contribution in [2.75, 3.05) is 33.8 Å². The summed E-state index contributed by atoms with van der Waals surface area (Å²) in [5, 5.41) is 3.28. The predicted octanol–water partition coefficient (Wildman–Crippen LogP) is 0.892. The Labute approximate surface area is 108 Å². The van der Waals surface area contributed by atoms with Crippen molar-refractivity contribution in [3.63, 3.8) is 0 Å². The molecule has 5 heteroatoms. The first kappa shape index (κ1) is 13.1. The molecule has 0 aliphatic carbocycles. The molecule has 1 aromatic rings. The fourth-order valence-electron chi connectivity index (χ4n) is 1.98. The topological polar surface area (TPSA) is 46.6 Å². The zero-order valence-corrected chi connectivity index (χ0v) is 11.3. The van der Waals surface area contributed by atoms with E-state index in [9.17, 15) is 0 Å². The number of likely N-dealkylation sites (N-methyl/N-ethyl adjacent to an activating group) is 1. The highest BCUT2D eigenvalue weighted by molar-refractivity contribution is 5.31. The van der Waals surface area contributed by atoms with E-state index in [4.69, 9.17) is 9.47 Å². The number of hydrogen-bond donors (Lipinski definition) is 1. The molecule has 0 radical (unpaired) electrons. The maximum absolute atomic E-state index is 5.78. The summed E-state index contributed by atoms with van der Waals surface area (Å²) in [5.41, 5.74) is 1.08. The van der Waals surface area contributed by atoms with Crippen LogP contribution in [0.3, 0.4) is 0 Å². The number of hydrogen-bond acceptors (Lipinski definition) is 5. The van der Waals surface area contributed by atoms with Gasteiger partial charge < -0.3 is 19.7 Å². The van der Waals surface area contributed by atoms with Crippen LogP contribution in [0.4, 0.5) is 0 Å². The molecular formula is C13H21N3O2. The zero-order chi connectivity index (χ0) is 13.0. The molecule has 5 nitrogen and oxygen atoms in total. The molecular weight excluding hydrogens is 230 g/mol. The molecule has 0 spiro atoms. The molecule has 1 aliphatic heterocycles. The maximum Gasteiger partial charge on any atom is 0.221 e. The van der Waals surface area contributed by atoms with Crippen molar-refractivity contribution in [3.05, 3.63) is 17.7 Å². The lowest BCUT2D eigenvalue weighted by Crippen LogP contribution is -2.28. The molecule has 0 fully saturated rings. The molecule has 2 heterocycles. The van der Waals surface area contributed by atoms with Crippen molar-refractivity contribution in [2.45, 2.75) is 19.6 Å². The van der Waals surface area contributed by atoms with Crippen LogP contribution in [-0.2, 0) is 6.54 Å². The third-order valence-corrected chi connectivity index (χ3v) is 2.69. The van der Waals surface area contributed by atoms with Gasteiger partial charge in [-0.2, -0.15) is 4.98 Å². The monoisotopic (exact) mass is 251 g/mol. The molecule has 1 atom stereocenters. The highest BCUT2D eigenvalue weighted by atomic mass is 16.5. The second-order valence-corrected chi connectivity index (χ2v) is 4.83. The number of nitrogens with zero attached hydrogens (tertiary/aromatic N) is 2. The number of rotatable bonds is 4. The van der Waals surface area contributed by atoms with Crippen molar-refractivity contribution < 1.29 is 9.47 Å². The van der Waals surface area contributed by atoms with Crippen LogP contribution in [0.1, 0.15) is 12.5 Å². The van der Waals surface area contributed by atoms with Crippen LogP contribution in [0.5, 0.6) is 11.8 Å². The first-order valence-corrected chi connectivity index (χ1v) is 6.30. The summed E-state index contributed by atoms with van der Waals surface area (Å²) in [5.74, 6) is 1.32. The first-order valence-electron chi connectivity index (χ1n) is 6.30. The fourth-order valence-corrected chi connectivity index (χ4v) is 1.98. The van der Waals surface area contributed by atoms with Gasteiger partial charge in [0.15, 0.2) is 0 Å². The second kappa shape index (κ2) is 6.02. The summed E-state index contributed by atoms with van der Waals surface area (Å²) in [4.78, 5) is 6.51. The number of ether oxygens (including phenoxy) is 2. The van der Waals surface area contributed by atoms with Crippen molar-refractivity contribution in [1.82, 2.24) is 15.2 Å². The molecule has 2 rings (SSSR count). The lowest BCUT2D eigenvalue weighted by Gasteiger charge is -2.18. The Morgan fingerprint density at radius 1 is 1.50 bits per heavy atom. The maximum atomic E-state index is 5.78. The van der Waals surface area contributed by atoms with Crippen molar-refractivity contribution in [1.29, 1.82) is 0 Å². The number of pyridine rings is 1. The minimum atomic E-state index is 0.106. The van der Waals surface area contributed by atoms with Crippen LogP contribution in [0.2, 0.25) is 0 Å². The van der Waals surface area contributed by atoms with Gasteiger partial charge in [0.2, 0.25) is 11.8 Å². The Bertz CT molecular complexity index is 396. The average Bonchev–Trinajstić information content (AvgIpc) is 2.52. The molecule has 0 bridgehead atoms. The SMILES string of the molecule is CC(CN(C)C)Oc1ccc2c(n1)OCCNC2. The van der Waals surface area contributed by atoms with Crippen LogP contribution in [0, 0.1) is 0 Å². The molecule has 0 amide bonds.